The summed E-state index contributed by atoms with van der Waals surface area (Å²) in [5.41, 5.74) is 9.87. The average molecular weight is 273 g/mol. The molecule has 2 aromatic heterocycles. The second kappa shape index (κ2) is 4.71. The number of hydrogen-bond donors (Lipinski definition) is 1. The zero-order valence-electron chi connectivity index (χ0n) is 10.9. The van der Waals surface area contributed by atoms with Gasteiger partial charge in [-0.05, 0) is 35.6 Å². The van der Waals surface area contributed by atoms with Crippen LogP contribution in [0.3, 0.4) is 0 Å². The minimum absolute atomic E-state index is 0.540. The van der Waals surface area contributed by atoms with Gasteiger partial charge < -0.3 is 10.3 Å². The summed E-state index contributed by atoms with van der Waals surface area (Å²) in [7, 11) is 2.02. The van der Waals surface area contributed by atoms with Crippen LogP contribution >= 0.6 is 11.5 Å². The number of fused-ring (bicyclic) bond motifs is 1. The largest absolute Gasteiger partial charge is 0.326 e. The molecular weight excluding hydrogens is 258 g/mol. The van der Waals surface area contributed by atoms with Crippen molar-refractivity contribution in [1.29, 1.82) is 0 Å². The molecule has 0 atom stereocenters. The van der Waals surface area contributed by atoms with Crippen LogP contribution in [-0.2, 0) is 20.0 Å². The van der Waals surface area contributed by atoms with Crippen molar-refractivity contribution in [3.63, 3.8) is 0 Å². The zero-order chi connectivity index (χ0) is 13.4. The van der Waals surface area contributed by atoms with Crippen molar-refractivity contribution in [3.05, 3.63) is 29.5 Å². The highest BCUT2D eigenvalue weighted by Crippen LogP contribution is 2.28. The second-order valence-corrected chi connectivity index (χ2v) is 5.18. The third-order valence-corrected chi connectivity index (χ3v) is 4.04. The van der Waals surface area contributed by atoms with Gasteiger partial charge in [-0.1, -0.05) is 17.5 Å². The lowest BCUT2D eigenvalue weighted by Gasteiger charge is -2.01. The summed E-state index contributed by atoms with van der Waals surface area (Å²) < 4.78 is 6.12. The van der Waals surface area contributed by atoms with Crippen molar-refractivity contribution in [2.75, 3.05) is 0 Å². The topological polar surface area (TPSA) is 69.6 Å². The minimum Gasteiger partial charge on any atom is -0.326 e. The highest BCUT2D eigenvalue weighted by atomic mass is 32.1. The van der Waals surface area contributed by atoms with Gasteiger partial charge in [0.15, 0.2) is 5.82 Å². The Bertz CT molecular complexity index is 728. The van der Waals surface area contributed by atoms with E-state index in [0.29, 0.717) is 6.54 Å². The van der Waals surface area contributed by atoms with Crippen LogP contribution in [0, 0.1) is 0 Å². The lowest BCUT2D eigenvalue weighted by molar-refractivity contribution is 0.943. The van der Waals surface area contributed by atoms with Crippen molar-refractivity contribution in [2.45, 2.75) is 19.9 Å². The Labute approximate surface area is 115 Å². The zero-order valence-corrected chi connectivity index (χ0v) is 11.7. The molecule has 3 aromatic rings. The molecule has 0 aliphatic carbocycles. The second-order valence-electron chi connectivity index (χ2n) is 4.42. The van der Waals surface area contributed by atoms with Crippen LogP contribution in [-0.4, -0.2) is 19.1 Å². The summed E-state index contributed by atoms with van der Waals surface area (Å²) in [5, 5.41) is 4.15. The maximum absolute atomic E-state index is 5.69. The Balaban J connectivity index is 2.22. The molecule has 5 nitrogen and oxygen atoms in total. The third kappa shape index (κ3) is 1.93. The fourth-order valence-electron chi connectivity index (χ4n) is 2.18. The van der Waals surface area contributed by atoms with Gasteiger partial charge in [0.1, 0.15) is 4.88 Å². The van der Waals surface area contributed by atoms with E-state index in [4.69, 9.17) is 10.7 Å². The molecule has 0 saturated heterocycles. The van der Waals surface area contributed by atoms with E-state index in [-0.39, 0.29) is 0 Å². The molecule has 98 valence electrons. The molecule has 1 aromatic carbocycles. The van der Waals surface area contributed by atoms with E-state index in [0.717, 1.165) is 39.4 Å². The van der Waals surface area contributed by atoms with E-state index in [9.17, 15) is 0 Å². The van der Waals surface area contributed by atoms with Gasteiger partial charge in [0.2, 0.25) is 0 Å². The van der Waals surface area contributed by atoms with Crippen molar-refractivity contribution in [3.8, 4) is 10.7 Å². The van der Waals surface area contributed by atoms with E-state index in [1.165, 1.54) is 11.5 Å². The fraction of sp³-hybridized carbons (Fsp3) is 0.308. The molecule has 0 fully saturated rings. The molecule has 2 heterocycles. The van der Waals surface area contributed by atoms with Crippen LogP contribution in [0.2, 0.25) is 0 Å². The van der Waals surface area contributed by atoms with Crippen LogP contribution in [0.25, 0.3) is 21.7 Å². The number of nitrogens with zero attached hydrogens (tertiary/aromatic N) is 4. The predicted octanol–water partition coefficient (Wildman–Crippen LogP) is 2.11. The lowest BCUT2D eigenvalue weighted by atomic mass is 10.2. The lowest BCUT2D eigenvalue weighted by Crippen LogP contribution is -1.97. The van der Waals surface area contributed by atoms with Gasteiger partial charge in [0.25, 0.3) is 0 Å². The first-order chi connectivity index (χ1) is 9.24. The predicted molar refractivity (Wildman–Crippen MR) is 76.9 cm³/mol. The maximum atomic E-state index is 5.69. The van der Waals surface area contributed by atoms with Gasteiger partial charge >= 0.3 is 0 Å². The summed E-state index contributed by atoms with van der Waals surface area (Å²) >= 11 is 1.40. The van der Waals surface area contributed by atoms with Crippen LogP contribution < -0.4 is 5.73 Å². The average Bonchev–Trinajstić information content (AvgIpc) is 3.03. The van der Waals surface area contributed by atoms with Gasteiger partial charge in [-0.25, -0.2) is 4.98 Å². The molecule has 0 amide bonds. The number of hydrogen-bond acceptors (Lipinski definition) is 5. The SMILES string of the molecule is CCc1nnsc1-c1nc2ccc(CN)cc2n1C. The van der Waals surface area contributed by atoms with Gasteiger partial charge in [-0.2, -0.15) is 0 Å². The summed E-state index contributed by atoms with van der Waals surface area (Å²) in [5.74, 6) is 0.927. The van der Waals surface area contributed by atoms with Gasteiger partial charge in [-0.3, -0.25) is 0 Å². The standard InChI is InChI=1S/C13H15N5S/c1-3-9-12(19-17-16-9)13-15-10-5-4-8(7-14)6-11(10)18(13)2/h4-6H,3,7,14H2,1-2H3. The number of imidazole rings is 1. The van der Waals surface area contributed by atoms with E-state index in [2.05, 4.69) is 27.1 Å². The molecule has 0 unspecified atom stereocenters. The summed E-state index contributed by atoms with van der Waals surface area (Å²) in [4.78, 5) is 5.74. The molecule has 0 spiro atoms. The van der Waals surface area contributed by atoms with Gasteiger partial charge in [0.05, 0.1) is 16.7 Å². The first-order valence-corrected chi connectivity index (χ1v) is 6.99. The number of aryl methyl sites for hydroxylation is 2. The highest BCUT2D eigenvalue weighted by molar-refractivity contribution is 7.09. The Hall–Kier alpha value is -1.79. The quantitative estimate of drug-likeness (QED) is 0.793. The van der Waals surface area contributed by atoms with Crippen molar-refractivity contribution < 1.29 is 0 Å². The van der Waals surface area contributed by atoms with Crippen LogP contribution in [0.1, 0.15) is 18.2 Å². The molecule has 0 radical (unpaired) electrons. The summed E-state index contributed by atoms with van der Waals surface area (Å²) in [6.45, 7) is 2.62. The molecule has 2 N–H and O–H groups in total. The molecule has 0 saturated carbocycles. The first-order valence-electron chi connectivity index (χ1n) is 6.21. The van der Waals surface area contributed by atoms with Crippen LogP contribution in [0.4, 0.5) is 0 Å². The molecular formula is C13H15N5S. The van der Waals surface area contributed by atoms with Crippen molar-refractivity contribution in [1.82, 2.24) is 19.1 Å². The minimum atomic E-state index is 0.540. The molecule has 0 aliphatic heterocycles. The monoisotopic (exact) mass is 273 g/mol. The van der Waals surface area contributed by atoms with E-state index < -0.39 is 0 Å². The molecule has 0 aliphatic rings. The maximum Gasteiger partial charge on any atom is 0.154 e. The molecule has 0 bridgehead atoms. The normalized spacial score (nSPS) is 11.3. The Kier molecular flexibility index (Phi) is 3.04. The summed E-state index contributed by atoms with van der Waals surface area (Å²) in [6.07, 6.45) is 0.864. The Morgan fingerprint density at radius 2 is 2.21 bits per heavy atom. The number of aromatic nitrogens is 4. The number of benzene rings is 1. The molecule has 3 rings (SSSR count). The van der Waals surface area contributed by atoms with Gasteiger partial charge in [0, 0.05) is 13.6 Å². The van der Waals surface area contributed by atoms with Crippen LogP contribution in [0.15, 0.2) is 18.2 Å². The summed E-state index contributed by atoms with van der Waals surface area (Å²) in [6, 6.07) is 6.12. The smallest absolute Gasteiger partial charge is 0.154 e. The first kappa shape index (κ1) is 12.3. The van der Waals surface area contributed by atoms with Crippen molar-refractivity contribution >= 4 is 22.6 Å². The number of rotatable bonds is 3. The van der Waals surface area contributed by atoms with E-state index in [1.807, 2.05) is 19.2 Å². The van der Waals surface area contributed by atoms with Crippen LogP contribution in [0.5, 0.6) is 0 Å². The molecule has 6 heteroatoms. The third-order valence-electron chi connectivity index (χ3n) is 3.27. The highest BCUT2D eigenvalue weighted by Gasteiger charge is 2.16. The fourth-order valence-corrected chi connectivity index (χ4v) is 2.95. The van der Waals surface area contributed by atoms with E-state index >= 15 is 0 Å². The van der Waals surface area contributed by atoms with Crippen molar-refractivity contribution in [2.24, 2.45) is 12.8 Å². The van der Waals surface area contributed by atoms with Gasteiger partial charge in [-0.15, -0.1) is 5.10 Å². The number of nitrogens with two attached hydrogens (primary N) is 1. The van der Waals surface area contributed by atoms with E-state index in [1.54, 1.807) is 0 Å². The molecule has 19 heavy (non-hydrogen) atoms. The Morgan fingerprint density at radius 3 is 2.95 bits per heavy atom. The Morgan fingerprint density at radius 1 is 1.37 bits per heavy atom.